The molecule has 6 heteroatoms. The van der Waals surface area contributed by atoms with E-state index in [9.17, 15) is 4.39 Å². The first-order valence-electron chi connectivity index (χ1n) is 9.62. The summed E-state index contributed by atoms with van der Waals surface area (Å²) in [6.45, 7) is 0. The number of H-pyrrole nitrogens is 1. The van der Waals surface area contributed by atoms with E-state index in [2.05, 4.69) is 20.3 Å². The summed E-state index contributed by atoms with van der Waals surface area (Å²) in [7, 11) is 0. The number of nitrogens with zero attached hydrogens (tertiary/aromatic N) is 2. The van der Waals surface area contributed by atoms with Crippen molar-refractivity contribution >= 4 is 39.5 Å². The van der Waals surface area contributed by atoms with Gasteiger partial charge >= 0.3 is 0 Å². The summed E-state index contributed by atoms with van der Waals surface area (Å²) in [4.78, 5) is 12.3. The van der Waals surface area contributed by atoms with Crippen molar-refractivity contribution in [2.75, 3.05) is 5.32 Å². The smallest absolute Gasteiger partial charge is 0.201 e. The van der Waals surface area contributed by atoms with Crippen LogP contribution < -0.4 is 5.32 Å². The van der Waals surface area contributed by atoms with E-state index in [1.165, 1.54) is 11.6 Å². The zero-order valence-electron chi connectivity index (χ0n) is 15.3. The lowest BCUT2D eigenvalue weighted by Crippen LogP contribution is -2.26. The fraction of sp³-hybridized carbons (Fsp3) is 0.273. The Morgan fingerprint density at radius 2 is 1.82 bits per heavy atom. The number of imidazole rings is 1. The van der Waals surface area contributed by atoms with E-state index in [1.54, 1.807) is 12.1 Å². The van der Waals surface area contributed by atoms with Crippen molar-refractivity contribution in [3.05, 3.63) is 65.1 Å². The van der Waals surface area contributed by atoms with Crippen LogP contribution in [0.3, 0.4) is 0 Å². The van der Waals surface area contributed by atoms with Gasteiger partial charge in [0.05, 0.1) is 16.6 Å². The van der Waals surface area contributed by atoms with Crippen LogP contribution in [0.1, 0.15) is 37.2 Å². The minimum absolute atomic E-state index is 0.206. The van der Waals surface area contributed by atoms with E-state index in [0.717, 1.165) is 53.6 Å². The number of rotatable bonds is 3. The van der Waals surface area contributed by atoms with Gasteiger partial charge in [-0.1, -0.05) is 11.6 Å². The van der Waals surface area contributed by atoms with Crippen molar-refractivity contribution in [3.63, 3.8) is 0 Å². The van der Waals surface area contributed by atoms with Gasteiger partial charge in [-0.05, 0) is 79.6 Å². The third kappa shape index (κ3) is 3.31. The predicted octanol–water partition coefficient (Wildman–Crippen LogP) is 6.04. The topological polar surface area (TPSA) is 53.6 Å². The van der Waals surface area contributed by atoms with Crippen LogP contribution in [0.25, 0.3) is 21.9 Å². The van der Waals surface area contributed by atoms with Crippen molar-refractivity contribution < 1.29 is 4.39 Å². The van der Waals surface area contributed by atoms with Crippen molar-refractivity contribution in [2.24, 2.45) is 0 Å². The first-order chi connectivity index (χ1) is 13.7. The van der Waals surface area contributed by atoms with Crippen molar-refractivity contribution in [3.8, 4) is 0 Å². The zero-order valence-corrected chi connectivity index (χ0v) is 16.0. The molecule has 0 bridgehead atoms. The molecule has 0 radical (unpaired) electrons. The Kier molecular flexibility index (Phi) is 4.40. The molecule has 4 nitrogen and oxygen atoms in total. The lowest BCUT2D eigenvalue weighted by atomic mass is 9.80. The number of anilines is 1. The molecule has 28 heavy (non-hydrogen) atoms. The van der Waals surface area contributed by atoms with Gasteiger partial charge in [0.1, 0.15) is 5.82 Å². The van der Waals surface area contributed by atoms with E-state index >= 15 is 0 Å². The number of nitrogens with one attached hydrogen (secondary N) is 2. The van der Waals surface area contributed by atoms with Gasteiger partial charge in [0.25, 0.3) is 0 Å². The van der Waals surface area contributed by atoms with Gasteiger partial charge in [-0.3, -0.25) is 4.98 Å². The molecule has 0 unspecified atom stereocenters. The van der Waals surface area contributed by atoms with Gasteiger partial charge in [0.15, 0.2) is 0 Å². The molecule has 2 heterocycles. The van der Waals surface area contributed by atoms with E-state index in [-0.39, 0.29) is 5.82 Å². The summed E-state index contributed by atoms with van der Waals surface area (Å²) >= 11 is 6.05. The van der Waals surface area contributed by atoms with Crippen LogP contribution >= 0.6 is 11.6 Å². The first kappa shape index (κ1) is 17.4. The standard InChI is InChI=1S/C22H20ClFN4/c23-14-3-7-20-21(11-14)28-22(27-20)26-16-5-1-13(2-6-16)17-9-10-25-19-8-4-15(24)12-18(17)19/h3-4,7-13,16H,1-2,5-6H2,(H2,26,27,28). The fourth-order valence-electron chi connectivity index (χ4n) is 4.29. The monoisotopic (exact) mass is 394 g/mol. The number of hydrogen-bond acceptors (Lipinski definition) is 3. The maximum absolute atomic E-state index is 13.7. The maximum Gasteiger partial charge on any atom is 0.201 e. The van der Waals surface area contributed by atoms with Gasteiger partial charge < -0.3 is 10.3 Å². The highest BCUT2D eigenvalue weighted by Crippen LogP contribution is 2.37. The highest BCUT2D eigenvalue weighted by molar-refractivity contribution is 6.31. The largest absolute Gasteiger partial charge is 0.353 e. The average molecular weight is 395 g/mol. The van der Waals surface area contributed by atoms with E-state index in [4.69, 9.17) is 11.6 Å². The number of fused-ring (bicyclic) bond motifs is 2. The molecule has 1 aliphatic rings. The first-order valence-corrected chi connectivity index (χ1v) is 9.99. The highest BCUT2D eigenvalue weighted by atomic mass is 35.5. The molecule has 0 atom stereocenters. The van der Waals surface area contributed by atoms with Gasteiger partial charge in [-0.15, -0.1) is 0 Å². The third-order valence-corrected chi connectivity index (χ3v) is 5.92. The van der Waals surface area contributed by atoms with Gasteiger partial charge in [0, 0.05) is 22.6 Å². The molecule has 1 saturated carbocycles. The normalized spacial score (nSPS) is 19.9. The lowest BCUT2D eigenvalue weighted by Gasteiger charge is -2.29. The lowest BCUT2D eigenvalue weighted by molar-refractivity contribution is 0.412. The van der Waals surface area contributed by atoms with Crippen LogP contribution in [0.2, 0.25) is 5.02 Å². The third-order valence-electron chi connectivity index (χ3n) is 5.69. The van der Waals surface area contributed by atoms with Gasteiger partial charge in [-0.2, -0.15) is 0 Å². The molecule has 2 N–H and O–H groups in total. The molecule has 4 aromatic rings. The minimum Gasteiger partial charge on any atom is -0.353 e. The molecule has 2 aromatic carbocycles. The van der Waals surface area contributed by atoms with Gasteiger partial charge in [-0.25, -0.2) is 9.37 Å². The van der Waals surface area contributed by atoms with Crippen LogP contribution in [0.4, 0.5) is 10.3 Å². The Morgan fingerprint density at radius 1 is 1.00 bits per heavy atom. The number of hydrogen-bond donors (Lipinski definition) is 2. The summed E-state index contributed by atoms with van der Waals surface area (Å²) in [6, 6.07) is 12.9. The molecular weight excluding hydrogens is 375 g/mol. The average Bonchev–Trinajstić information content (AvgIpc) is 3.09. The summed E-state index contributed by atoms with van der Waals surface area (Å²) in [6.07, 6.45) is 6.03. The van der Waals surface area contributed by atoms with Crippen molar-refractivity contribution in [1.29, 1.82) is 0 Å². The molecule has 142 valence electrons. The number of halogens is 2. The van der Waals surface area contributed by atoms with E-state index < -0.39 is 0 Å². The fourth-order valence-corrected chi connectivity index (χ4v) is 4.46. The number of aromatic amines is 1. The Bertz CT molecular complexity index is 1150. The molecule has 1 fully saturated rings. The summed E-state index contributed by atoms with van der Waals surface area (Å²) in [5, 5.41) is 5.16. The molecule has 0 saturated heterocycles. The Hall–Kier alpha value is -2.66. The van der Waals surface area contributed by atoms with E-state index in [0.29, 0.717) is 17.0 Å². The van der Waals surface area contributed by atoms with Crippen LogP contribution in [0.5, 0.6) is 0 Å². The molecule has 2 aromatic heterocycles. The molecule has 0 spiro atoms. The van der Waals surface area contributed by atoms with Crippen LogP contribution in [-0.2, 0) is 0 Å². The Morgan fingerprint density at radius 3 is 2.68 bits per heavy atom. The van der Waals surface area contributed by atoms with Crippen LogP contribution in [-0.4, -0.2) is 21.0 Å². The number of benzene rings is 2. The second kappa shape index (κ2) is 7.06. The predicted molar refractivity (Wildman–Crippen MR) is 111 cm³/mol. The summed E-state index contributed by atoms with van der Waals surface area (Å²) < 4.78 is 13.7. The van der Waals surface area contributed by atoms with Crippen LogP contribution in [0.15, 0.2) is 48.7 Å². The van der Waals surface area contributed by atoms with Crippen molar-refractivity contribution in [2.45, 2.75) is 37.6 Å². The SMILES string of the molecule is Fc1ccc2nccc(C3CCC(Nc4nc5ccc(Cl)cc5[nH]4)CC3)c2c1. The Labute approximate surface area is 167 Å². The zero-order chi connectivity index (χ0) is 19.1. The molecule has 0 aliphatic heterocycles. The molecule has 5 rings (SSSR count). The van der Waals surface area contributed by atoms with Crippen LogP contribution in [0, 0.1) is 5.82 Å². The molecular formula is C22H20ClFN4. The minimum atomic E-state index is -0.206. The molecule has 1 aliphatic carbocycles. The quantitative estimate of drug-likeness (QED) is 0.445. The highest BCUT2D eigenvalue weighted by Gasteiger charge is 2.24. The summed E-state index contributed by atoms with van der Waals surface area (Å²) in [5.74, 6) is 1.01. The van der Waals surface area contributed by atoms with Crippen molar-refractivity contribution in [1.82, 2.24) is 15.0 Å². The summed E-state index contributed by atoms with van der Waals surface area (Å²) in [5.41, 5.74) is 3.92. The molecule has 0 amide bonds. The van der Waals surface area contributed by atoms with Gasteiger partial charge in [0.2, 0.25) is 5.95 Å². The second-order valence-electron chi connectivity index (χ2n) is 7.50. The van der Waals surface area contributed by atoms with E-state index in [1.807, 2.05) is 30.5 Å². The number of pyridine rings is 1. The second-order valence-corrected chi connectivity index (χ2v) is 7.94. The number of aromatic nitrogens is 3. The Balaban J connectivity index is 1.30. The maximum atomic E-state index is 13.7.